The Morgan fingerprint density at radius 2 is 1.62 bits per heavy atom. The third kappa shape index (κ3) is 6.41. The molecular formula is C32H41N5O3. The molecule has 0 saturated carbocycles. The van der Waals surface area contributed by atoms with Crippen molar-refractivity contribution in [3.63, 3.8) is 0 Å². The molecule has 8 heteroatoms. The molecule has 0 spiro atoms. The van der Waals surface area contributed by atoms with Crippen LogP contribution in [0.15, 0.2) is 71.5 Å². The maximum Gasteiger partial charge on any atom is 0.210 e. The molecule has 8 nitrogen and oxygen atoms in total. The number of nitrogens with two attached hydrogens (primary N) is 1. The molecule has 0 saturated heterocycles. The highest BCUT2D eigenvalue weighted by molar-refractivity contribution is 6.12. The second kappa shape index (κ2) is 12.9. The second-order valence-electron chi connectivity index (χ2n) is 9.81. The maximum atomic E-state index is 6.88. The number of ether oxygens (including phenoxy) is 3. The largest absolute Gasteiger partial charge is 0.496 e. The number of anilines is 1. The van der Waals surface area contributed by atoms with Crippen molar-refractivity contribution in [2.75, 3.05) is 45.8 Å². The predicted octanol–water partition coefficient (Wildman–Crippen LogP) is 5.27. The normalized spacial score (nSPS) is 16.6. The number of likely N-dealkylation sites (N-methyl/N-ethyl adjacent to an activating group) is 1. The van der Waals surface area contributed by atoms with E-state index in [2.05, 4.69) is 41.5 Å². The van der Waals surface area contributed by atoms with Gasteiger partial charge in [-0.15, -0.1) is 0 Å². The van der Waals surface area contributed by atoms with Crippen molar-refractivity contribution in [3.05, 3.63) is 88.7 Å². The molecule has 40 heavy (non-hydrogen) atoms. The van der Waals surface area contributed by atoms with Gasteiger partial charge in [0.2, 0.25) is 5.79 Å². The summed E-state index contributed by atoms with van der Waals surface area (Å²) < 4.78 is 17.2. The van der Waals surface area contributed by atoms with E-state index in [0.717, 1.165) is 70.4 Å². The lowest BCUT2D eigenvalue weighted by atomic mass is 9.98. The standard InChI is InChI=1S/C32H41N5O3/c1-7-37(8-2)17-18-40-26-15-13-25(14-16-26)32(33)34-21-27(24-19-22(3)30(39-6)23(4)20-24)31(36-32)35-28-11-9-10-12-29(28)38-5/h9-16,19-21,35-36H,7-8,17-18,33H2,1-6H3. The van der Waals surface area contributed by atoms with Gasteiger partial charge in [-0.25, -0.2) is 4.99 Å². The molecule has 0 radical (unpaired) electrons. The third-order valence-corrected chi connectivity index (χ3v) is 7.19. The molecule has 1 heterocycles. The molecule has 3 aromatic carbocycles. The Bertz CT molecular complexity index is 1340. The van der Waals surface area contributed by atoms with E-state index < -0.39 is 5.79 Å². The minimum absolute atomic E-state index is 0.630. The minimum Gasteiger partial charge on any atom is -0.496 e. The first kappa shape index (κ1) is 29.0. The Balaban J connectivity index is 1.64. The quantitative estimate of drug-likeness (QED) is 0.287. The molecule has 4 rings (SSSR count). The van der Waals surface area contributed by atoms with Crippen molar-refractivity contribution in [3.8, 4) is 17.2 Å². The molecular weight excluding hydrogens is 502 g/mol. The Morgan fingerprint density at radius 3 is 2.25 bits per heavy atom. The van der Waals surface area contributed by atoms with Gasteiger partial charge < -0.3 is 29.7 Å². The molecule has 1 aliphatic heterocycles. The fourth-order valence-electron chi connectivity index (χ4n) is 4.93. The van der Waals surface area contributed by atoms with Gasteiger partial charge in [-0.1, -0.05) is 26.0 Å². The number of para-hydroxylation sites is 2. The number of rotatable bonds is 12. The van der Waals surface area contributed by atoms with Crippen LogP contribution in [0, 0.1) is 13.8 Å². The zero-order valence-electron chi connectivity index (χ0n) is 24.4. The van der Waals surface area contributed by atoms with E-state index in [4.69, 9.17) is 24.9 Å². The van der Waals surface area contributed by atoms with Crippen molar-refractivity contribution in [2.24, 2.45) is 10.7 Å². The molecule has 212 valence electrons. The lowest BCUT2D eigenvalue weighted by Crippen LogP contribution is -2.51. The van der Waals surface area contributed by atoms with Gasteiger partial charge >= 0.3 is 0 Å². The van der Waals surface area contributed by atoms with Gasteiger partial charge in [-0.3, -0.25) is 5.73 Å². The van der Waals surface area contributed by atoms with Crippen molar-refractivity contribution in [2.45, 2.75) is 33.5 Å². The molecule has 1 unspecified atom stereocenters. The zero-order chi connectivity index (χ0) is 28.7. The van der Waals surface area contributed by atoms with Crippen LogP contribution in [-0.4, -0.2) is 51.6 Å². The zero-order valence-corrected chi connectivity index (χ0v) is 24.4. The monoisotopic (exact) mass is 543 g/mol. The first-order chi connectivity index (χ1) is 19.3. The van der Waals surface area contributed by atoms with Crippen molar-refractivity contribution in [1.82, 2.24) is 10.2 Å². The molecule has 0 aromatic heterocycles. The molecule has 1 aliphatic rings. The topological polar surface area (TPSA) is 93.4 Å². The van der Waals surface area contributed by atoms with Crippen LogP contribution in [0.25, 0.3) is 5.57 Å². The van der Waals surface area contributed by atoms with Crippen LogP contribution in [0.4, 0.5) is 5.69 Å². The van der Waals surface area contributed by atoms with Crippen LogP contribution in [0.3, 0.4) is 0 Å². The summed E-state index contributed by atoms with van der Waals surface area (Å²) in [6, 6.07) is 19.7. The molecule has 0 bridgehead atoms. The van der Waals surface area contributed by atoms with Gasteiger partial charge in [-0.05, 0) is 92.2 Å². The number of aryl methyl sites for hydroxylation is 2. The molecule has 3 aromatic rings. The van der Waals surface area contributed by atoms with Crippen molar-refractivity contribution in [1.29, 1.82) is 0 Å². The summed E-state index contributed by atoms with van der Waals surface area (Å²) in [5, 5.41) is 6.98. The maximum absolute atomic E-state index is 6.88. The van der Waals surface area contributed by atoms with E-state index >= 15 is 0 Å². The van der Waals surface area contributed by atoms with E-state index in [0.29, 0.717) is 12.4 Å². The van der Waals surface area contributed by atoms with Gasteiger partial charge in [0.25, 0.3) is 0 Å². The van der Waals surface area contributed by atoms with Gasteiger partial charge in [0, 0.05) is 23.9 Å². The summed E-state index contributed by atoms with van der Waals surface area (Å²) in [6.45, 7) is 11.9. The predicted molar refractivity (Wildman–Crippen MR) is 163 cm³/mol. The molecule has 4 N–H and O–H groups in total. The first-order valence-corrected chi connectivity index (χ1v) is 13.7. The fraction of sp³-hybridized carbons (Fsp3) is 0.344. The smallest absolute Gasteiger partial charge is 0.210 e. The van der Waals surface area contributed by atoms with E-state index in [9.17, 15) is 0 Å². The summed E-state index contributed by atoms with van der Waals surface area (Å²) in [7, 11) is 3.34. The highest BCUT2D eigenvalue weighted by atomic mass is 16.5. The van der Waals surface area contributed by atoms with Gasteiger partial charge in [0.05, 0.1) is 19.9 Å². The number of allylic oxidation sites excluding steroid dienone is 1. The first-order valence-electron chi connectivity index (χ1n) is 13.7. The lowest BCUT2D eigenvalue weighted by Gasteiger charge is -2.34. The minimum atomic E-state index is -1.19. The summed E-state index contributed by atoms with van der Waals surface area (Å²) in [5.74, 6) is 1.91. The highest BCUT2D eigenvalue weighted by Gasteiger charge is 2.32. The van der Waals surface area contributed by atoms with Crippen LogP contribution in [0.1, 0.15) is 36.1 Å². The summed E-state index contributed by atoms with van der Waals surface area (Å²) in [4.78, 5) is 7.13. The molecule has 0 fully saturated rings. The summed E-state index contributed by atoms with van der Waals surface area (Å²) in [5.41, 5.74) is 12.4. The average molecular weight is 544 g/mol. The van der Waals surface area contributed by atoms with E-state index in [1.54, 1.807) is 14.2 Å². The highest BCUT2D eigenvalue weighted by Crippen LogP contribution is 2.34. The fourth-order valence-corrected chi connectivity index (χ4v) is 4.93. The Kier molecular flexibility index (Phi) is 9.34. The number of benzene rings is 3. The van der Waals surface area contributed by atoms with Crippen molar-refractivity contribution < 1.29 is 14.2 Å². The molecule has 0 amide bonds. The third-order valence-electron chi connectivity index (χ3n) is 7.19. The SMILES string of the molecule is CCN(CC)CCOc1ccc(C2(N)N=CC(c3cc(C)c(OC)c(C)c3)=C(Nc3ccccc3OC)N2)cc1. The van der Waals surface area contributed by atoms with Gasteiger partial charge in [0.15, 0.2) is 0 Å². The van der Waals surface area contributed by atoms with Gasteiger partial charge in [-0.2, -0.15) is 0 Å². The number of aliphatic imine (C=N–C) groups is 1. The number of nitrogens with zero attached hydrogens (tertiary/aromatic N) is 2. The Labute approximate surface area is 237 Å². The van der Waals surface area contributed by atoms with Crippen LogP contribution in [0.2, 0.25) is 0 Å². The lowest BCUT2D eigenvalue weighted by molar-refractivity contribution is 0.222. The number of nitrogens with one attached hydrogen (secondary N) is 2. The summed E-state index contributed by atoms with van der Waals surface area (Å²) >= 11 is 0. The van der Waals surface area contributed by atoms with Crippen LogP contribution >= 0.6 is 0 Å². The van der Waals surface area contributed by atoms with Crippen molar-refractivity contribution >= 4 is 17.5 Å². The van der Waals surface area contributed by atoms with Crippen LogP contribution in [-0.2, 0) is 5.79 Å². The number of methoxy groups -OCH3 is 2. The summed E-state index contributed by atoms with van der Waals surface area (Å²) in [6.07, 6.45) is 1.82. The van der Waals surface area contributed by atoms with E-state index in [1.165, 1.54) is 0 Å². The van der Waals surface area contributed by atoms with Crippen LogP contribution < -0.4 is 30.6 Å². The molecule has 0 aliphatic carbocycles. The Morgan fingerprint density at radius 1 is 0.950 bits per heavy atom. The van der Waals surface area contributed by atoms with Crippen LogP contribution in [0.5, 0.6) is 17.2 Å². The van der Waals surface area contributed by atoms with E-state index in [1.807, 2.05) is 68.6 Å². The molecule has 1 atom stereocenters. The Hall–Kier alpha value is -4.01. The number of hydrogen-bond donors (Lipinski definition) is 3. The number of hydrogen-bond acceptors (Lipinski definition) is 8. The second-order valence-corrected chi connectivity index (χ2v) is 9.81. The average Bonchev–Trinajstić information content (AvgIpc) is 2.96. The van der Waals surface area contributed by atoms with E-state index in [-0.39, 0.29) is 0 Å². The van der Waals surface area contributed by atoms with Gasteiger partial charge in [0.1, 0.15) is 29.7 Å².